The van der Waals surface area contributed by atoms with Crippen molar-refractivity contribution in [1.82, 2.24) is 0 Å². The van der Waals surface area contributed by atoms with E-state index in [1.165, 1.54) is 6.07 Å². The van der Waals surface area contributed by atoms with Crippen molar-refractivity contribution in [1.29, 1.82) is 0 Å². The summed E-state index contributed by atoms with van der Waals surface area (Å²) in [6.45, 7) is 2.00. The average molecular weight is 370 g/mol. The molecule has 1 unspecified atom stereocenters. The van der Waals surface area contributed by atoms with Crippen LogP contribution in [0.2, 0.25) is 0 Å². The molecule has 0 heterocycles. The fourth-order valence-corrected chi connectivity index (χ4v) is 2.46. The van der Waals surface area contributed by atoms with Crippen molar-refractivity contribution in [3.05, 3.63) is 29.8 Å². The number of unbranched alkanes of at least 4 members (excludes halogenated alkanes) is 1. The largest absolute Gasteiger partial charge is 1.00 e. The molecule has 0 radical (unpaired) electrons. The predicted octanol–water partition coefficient (Wildman–Crippen LogP) is -1.22. The van der Waals surface area contributed by atoms with Crippen molar-refractivity contribution in [3.63, 3.8) is 0 Å². The van der Waals surface area contributed by atoms with Gasteiger partial charge in [0.05, 0.1) is 6.42 Å². The van der Waals surface area contributed by atoms with E-state index in [-0.39, 0.29) is 58.6 Å². The Morgan fingerprint density at radius 2 is 1.91 bits per heavy atom. The van der Waals surface area contributed by atoms with Crippen molar-refractivity contribution < 1.29 is 85.2 Å². The molecule has 0 saturated heterocycles. The van der Waals surface area contributed by atoms with E-state index in [1.807, 2.05) is 6.92 Å². The third-order valence-corrected chi connectivity index (χ3v) is 4.04. The third-order valence-electron chi connectivity index (χ3n) is 2.97. The second-order valence-electron chi connectivity index (χ2n) is 4.73. The Morgan fingerprint density at radius 1 is 1.30 bits per heavy atom. The number of carbonyl (C=O) groups excluding carboxylic acids is 1. The summed E-state index contributed by atoms with van der Waals surface area (Å²) in [5.74, 6) is -2.67. The van der Waals surface area contributed by atoms with Gasteiger partial charge in [0.25, 0.3) is 10.1 Å². The van der Waals surface area contributed by atoms with Gasteiger partial charge >= 0.3 is 63.3 Å². The molecule has 1 atom stereocenters. The standard InChI is InChI=1S/C14H18O7S.K.H/c1-2-3-6-10-7-4-5-8-11(10)21-14(17)12(9-13(15)16)22(18,19)20;;/h4-5,7-8,12H,2-3,6,9H2,1H3,(H,15,16)(H,18,19,20);;/q;+1;-1. The molecule has 1 aromatic carbocycles. The van der Waals surface area contributed by atoms with Gasteiger partial charge in [0, 0.05) is 0 Å². The molecule has 23 heavy (non-hydrogen) atoms. The Hall–Kier alpha value is -0.294. The number of carboxylic acid groups (broad SMARTS) is 1. The Morgan fingerprint density at radius 3 is 2.43 bits per heavy atom. The van der Waals surface area contributed by atoms with Gasteiger partial charge in [-0.05, 0) is 24.5 Å². The second kappa shape index (κ2) is 10.5. The first-order valence-corrected chi connectivity index (χ1v) is 8.23. The molecule has 0 aliphatic heterocycles. The number of aryl methyl sites for hydroxylation is 1. The molecule has 1 aromatic rings. The zero-order valence-corrected chi connectivity index (χ0v) is 17.0. The Balaban J connectivity index is 0. The summed E-state index contributed by atoms with van der Waals surface area (Å²) in [4.78, 5) is 22.5. The van der Waals surface area contributed by atoms with Gasteiger partial charge in [-0.3, -0.25) is 14.1 Å². The van der Waals surface area contributed by atoms with Crippen molar-refractivity contribution in [2.75, 3.05) is 0 Å². The average Bonchev–Trinajstić information content (AvgIpc) is 2.42. The molecule has 7 nitrogen and oxygen atoms in total. The Labute approximate surface area is 179 Å². The zero-order valence-electron chi connectivity index (χ0n) is 14.1. The minimum absolute atomic E-state index is 0. The first-order valence-electron chi connectivity index (χ1n) is 6.73. The normalized spacial score (nSPS) is 12.1. The molecule has 0 aromatic heterocycles. The van der Waals surface area contributed by atoms with E-state index in [2.05, 4.69) is 0 Å². The van der Waals surface area contributed by atoms with Crippen LogP contribution in [0.3, 0.4) is 0 Å². The van der Waals surface area contributed by atoms with E-state index in [0.29, 0.717) is 12.0 Å². The topological polar surface area (TPSA) is 118 Å². The Kier molecular flexibility index (Phi) is 10.4. The number of esters is 1. The van der Waals surface area contributed by atoms with Gasteiger partial charge in [-0.15, -0.1) is 0 Å². The van der Waals surface area contributed by atoms with Crippen molar-refractivity contribution >= 4 is 22.1 Å². The molecule has 0 aliphatic carbocycles. The molecule has 1 rings (SSSR count). The summed E-state index contributed by atoms with van der Waals surface area (Å²) < 4.78 is 36.3. The number of ether oxygens (including phenoxy) is 1. The monoisotopic (exact) mass is 370 g/mol. The second-order valence-corrected chi connectivity index (χ2v) is 6.33. The molecule has 2 N–H and O–H groups in total. The number of hydrogen-bond donors (Lipinski definition) is 2. The van der Waals surface area contributed by atoms with Crippen LogP contribution < -0.4 is 56.1 Å². The number of hydrogen-bond acceptors (Lipinski definition) is 5. The number of benzene rings is 1. The van der Waals surface area contributed by atoms with Crippen LogP contribution in [-0.2, 0) is 26.1 Å². The summed E-state index contributed by atoms with van der Waals surface area (Å²) in [6, 6.07) is 6.58. The number of aliphatic carboxylic acids is 1. The first kappa shape index (κ1) is 22.7. The molecule has 0 saturated carbocycles. The van der Waals surface area contributed by atoms with Gasteiger partial charge in [-0.2, -0.15) is 8.42 Å². The SMILES string of the molecule is CCCCc1ccccc1OC(=O)C(CC(=O)O)S(=O)(=O)O.[H-].[K+]. The van der Waals surface area contributed by atoms with Gasteiger partial charge in [0.1, 0.15) is 5.75 Å². The smallest absolute Gasteiger partial charge is 1.00 e. The van der Waals surface area contributed by atoms with Gasteiger partial charge in [0.2, 0.25) is 0 Å². The Bertz CT molecular complexity index is 648. The van der Waals surface area contributed by atoms with Gasteiger partial charge in [-0.25, -0.2) is 0 Å². The van der Waals surface area contributed by atoms with Gasteiger partial charge in [-0.1, -0.05) is 31.5 Å². The summed E-state index contributed by atoms with van der Waals surface area (Å²) in [5, 5.41) is 6.50. The van der Waals surface area contributed by atoms with Crippen molar-refractivity contribution in [3.8, 4) is 5.75 Å². The van der Waals surface area contributed by atoms with E-state index in [0.717, 1.165) is 12.8 Å². The molecule has 0 spiro atoms. The van der Waals surface area contributed by atoms with Crippen molar-refractivity contribution in [2.24, 2.45) is 0 Å². The summed E-state index contributed by atoms with van der Waals surface area (Å²) >= 11 is 0. The fraction of sp³-hybridized carbons (Fsp3) is 0.429. The van der Waals surface area contributed by atoms with Gasteiger partial charge < -0.3 is 11.3 Å². The maximum absolute atomic E-state index is 11.9. The maximum Gasteiger partial charge on any atom is 1.00 e. The molecule has 0 amide bonds. The number of carboxylic acids is 1. The summed E-state index contributed by atoms with van der Waals surface area (Å²) in [5.41, 5.74) is 0.710. The number of rotatable bonds is 8. The fourth-order valence-electron chi connectivity index (χ4n) is 1.82. The van der Waals surface area contributed by atoms with E-state index >= 15 is 0 Å². The van der Waals surface area contributed by atoms with E-state index in [4.69, 9.17) is 14.4 Å². The van der Waals surface area contributed by atoms with E-state index in [1.54, 1.807) is 18.2 Å². The van der Waals surface area contributed by atoms with Crippen LogP contribution in [0, 0.1) is 0 Å². The van der Waals surface area contributed by atoms with E-state index < -0.39 is 33.7 Å². The van der Waals surface area contributed by atoms with Crippen LogP contribution in [0.25, 0.3) is 0 Å². The molecule has 124 valence electrons. The zero-order chi connectivity index (χ0) is 16.8. The minimum atomic E-state index is -4.86. The molecule has 9 heteroatoms. The van der Waals surface area contributed by atoms with Gasteiger partial charge in [0.15, 0.2) is 5.25 Å². The molecule has 0 aliphatic rings. The van der Waals surface area contributed by atoms with Crippen molar-refractivity contribution in [2.45, 2.75) is 37.9 Å². The van der Waals surface area contributed by atoms with Crippen LogP contribution in [0.15, 0.2) is 24.3 Å². The number of carbonyl (C=O) groups is 2. The van der Waals surface area contributed by atoms with Crippen LogP contribution >= 0.6 is 0 Å². The molecule has 0 bridgehead atoms. The summed E-state index contributed by atoms with van der Waals surface area (Å²) in [6.07, 6.45) is 1.35. The molecule has 0 fully saturated rings. The molecular formula is C14H19KO7S. The quantitative estimate of drug-likeness (QED) is 0.255. The number of para-hydroxylation sites is 1. The third kappa shape index (κ3) is 7.88. The van der Waals surface area contributed by atoms with Crippen LogP contribution in [0.4, 0.5) is 0 Å². The molecular weight excluding hydrogens is 351 g/mol. The van der Waals surface area contributed by atoms with Crippen LogP contribution in [-0.4, -0.2) is 35.3 Å². The van der Waals surface area contributed by atoms with Crippen LogP contribution in [0.1, 0.15) is 33.2 Å². The van der Waals surface area contributed by atoms with E-state index in [9.17, 15) is 18.0 Å². The van der Waals surface area contributed by atoms with Crippen LogP contribution in [0.5, 0.6) is 5.75 Å². The maximum atomic E-state index is 11.9. The minimum Gasteiger partial charge on any atom is -1.00 e. The predicted molar refractivity (Wildman–Crippen MR) is 79.4 cm³/mol. The summed E-state index contributed by atoms with van der Waals surface area (Å²) in [7, 11) is -4.86. The first-order chi connectivity index (χ1) is 10.3.